The lowest BCUT2D eigenvalue weighted by Crippen LogP contribution is -2.63. The van der Waals surface area contributed by atoms with Crippen LogP contribution in [0, 0.1) is 0 Å². The van der Waals surface area contributed by atoms with Crippen molar-refractivity contribution in [2.24, 2.45) is 0 Å². The second kappa shape index (κ2) is 1.35. The van der Waals surface area contributed by atoms with E-state index in [2.05, 4.69) is 0 Å². The third-order valence-corrected chi connectivity index (χ3v) is 3.38. The van der Waals surface area contributed by atoms with Crippen molar-refractivity contribution in [1.82, 2.24) is 0 Å². The van der Waals surface area contributed by atoms with Crippen LogP contribution in [-0.2, 0) is 0 Å². The summed E-state index contributed by atoms with van der Waals surface area (Å²) < 4.78 is 46.3. The predicted molar refractivity (Wildman–Crippen MR) is 21.4 cm³/mol. The van der Waals surface area contributed by atoms with Crippen LogP contribution in [0.4, 0.5) is 17.6 Å². The lowest BCUT2D eigenvalue weighted by molar-refractivity contribution is 0.0820. The summed E-state index contributed by atoms with van der Waals surface area (Å²) in [6, 6.07) is 0. The van der Waals surface area contributed by atoms with Crippen LogP contribution in [-0.4, -0.2) is 29.4 Å². The van der Waals surface area contributed by atoms with Gasteiger partial charge in [0.05, 0.1) is 0 Å². The average molecular weight is 156 g/mol. The zero-order chi connectivity index (χ0) is 6.41. The van der Waals surface area contributed by atoms with E-state index in [0.29, 0.717) is 0 Å². The average Bonchev–Trinajstić information content (AvgIpc) is 1.20. The molecule has 4 radical (unpaired) electrons. The number of alkyl halides is 4. The molecule has 0 aliphatic carbocycles. The van der Waals surface area contributed by atoms with Gasteiger partial charge in [0.25, 0.3) is 0 Å². The van der Waals surface area contributed by atoms with Crippen molar-refractivity contribution in [1.29, 1.82) is 0 Å². The summed E-state index contributed by atoms with van der Waals surface area (Å²) in [4.78, 5) is 0. The summed E-state index contributed by atoms with van der Waals surface area (Å²) in [7, 11) is -2.96. The zero-order valence-electron chi connectivity index (χ0n) is 3.51. The lowest BCUT2D eigenvalue weighted by Gasteiger charge is -2.31. The molecular weight excluding hydrogens is 156 g/mol. The van der Waals surface area contributed by atoms with Gasteiger partial charge in [-0.15, -0.1) is 0 Å². The van der Waals surface area contributed by atoms with E-state index < -0.39 is 29.4 Å². The highest BCUT2D eigenvalue weighted by Crippen LogP contribution is 2.33. The first kappa shape index (κ1) is 6.28. The van der Waals surface area contributed by atoms with Gasteiger partial charge < -0.3 is 0 Å². The number of halogens is 4. The first-order valence-corrected chi connectivity index (χ1v) is 3.76. The van der Waals surface area contributed by atoms with E-state index in [9.17, 15) is 17.6 Å². The molecule has 0 aromatic rings. The molecule has 1 aliphatic heterocycles. The van der Waals surface area contributed by atoms with Crippen molar-refractivity contribution in [2.75, 3.05) is 0 Å². The molecule has 0 aromatic heterocycles. The standard InChI is InChI=1S/C2F4Si2/c3-1(4)7-2(5,6)8-1. The van der Waals surface area contributed by atoms with Crippen molar-refractivity contribution in [3.63, 3.8) is 0 Å². The minimum atomic E-state index is -3.04. The monoisotopic (exact) mass is 156 g/mol. The van der Waals surface area contributed by atoms with E-state index in [4.69, 9.17) is 0 Å². The Hall–Kier alpha value is 0.154. The van der Waals surface area contributed by atoms with E-state index in [1.807, 2.05) is 0 Å². The first-order valence-electron chi connectivity index (χ1n) is 1.76. The molecule has 0 nitrogen and oxygen atoms in total. The molecule has 0 bridgehead atoms. The number of hydrogen-bond acceptors (Lipinski definition) is 0. The van der Waals surface area contributed by atoms with E-state index in [-0.39, 0.29) is 0 Å². The fourth-order valence-electron chi connectivity index (χ4n) is 0.394. The molecule has 0 N–H and O–H groups in total. The number of hydrogen-bond donors (Lipinski definition) is 0. The van der Waals surface area contributed by atoms with Crippen molar-refractivity contribution >= 4 is 19.0 Å². The second-order valence-electron chi connectivity index (χ2n) is 1.40. The highest BCUT2D eigenvalue weighted by Gasteiger charge is 2.61. The number of rotatable bonds is 0. The zero-order valence-corrected chi connectivity index (χ0v) is 5.51. The van der Waals surface area contributed by atoms with Crippen molar-refractivity contribution in [3.05, 3.63) is 0 Å². The van der Waals surface area contributed by atoms with Crippen LogP contribution in [0.1, 0.15) is 0 Å². The fraction of sp³-hybridized carbons (Fsp3) is 1.00. The molecular formula is C2F4Si2. The Morgan fingerprint density at radius 3 is 1.00 bits per heavy atom. The molecule has 8 heavy (non-hydrogen) atoms. The van der Waals surface area contributed by atoms with Crippen molar-refractivity contribution in [2.45, 2.75) is 10.3 Å². The van der Waals surface area contributed by atoms with E-state index in [1.54, 1.807) is 0 Å². The molecule has 1 rings (SSSR count). The summed E-state index contributed by atoms with van der Waals surface area (Å²) in [6.07, 6.45) is 0. The van der Waals surface area contributed by atoms with Gasteiger partial charge in [-0.1, -0.05) is 0 Å². The third kappa shape index (κ3) is 1.11. The maximum absolute atomic E-state index is 11.6. The minimum Gasteiger partial charge on any atom is -0.218 e. The lowest BCUT2D eigenvalue weighted by atomic mass is 11.5. The molecule has 0 spiro atoms. The van der Waals surface area contributed by atoms with Gasteiger partial charge in [0.15, 0.2) is 0 Å². The Morgan fingerprint density at radius 1 is 0.750 bits per heavy atom. The molecule has 0 saturated carbocycles. The normalized spacial score (nSPS) is 31.5. The van der Waals surface area contributed by atoms with Gasteiger partial charge in [-0.2, -0.15) is 0 Å². The smallest absolute Gasteiger partial charge is 0.218 e. The highest BCUT2D eigenvalue weighted by molar-refractivity contribution is 6.82. The van der Waals surface area contributed by atoms with E-state index >= 15 is 0 Å². The van der Waals surface area contributed by atoms with Crippen LogP contribution >= 0.6 is 0 Å². The Balaban J connectivity index is 2.42. The topological polar surface area (TPSA) is 0 Å². The summed E-state index contributed by atoms with van der Waals surface area (Å²) in [5.41, 5.74) is 0. The van der Waals surface area contributed by atoms with E-state index in [1.165, 1.54) is 0 Å². The largest absolute Gasteiger partial charge is 0.218 e. The van der Waals surface area contributed by atoms with Crippen LogP contribution < -0.4 is 0 Å². The quantitative estimate of drug-likeness (QED) is 0.354. The first-order chi connectivity index (χ1) is 3.41. The molecule has 1 heterocycles. The molecule has 0 amide bonds. The van der Waals surface area contributed by atoms with Crippen LogP contribution in [0.2, 0.25) is 0 Å². The van der Waals surface area contributed by atoms with Gasteiger partial charge in [-0.05, 0) is 0 Å². The molecule has 1 aliphatic rings. The van der Waals surface area contributed by atoms with Gasteiger partial charge >= 0.3 is 0 Å². The van der Waals surface area contributed by atoms with Crippen LogP contribution in [0.3, 0.4) is 0 Å². The molecule has 1 saturated heterocycles. The van der Waals surface area contributed by atoms with Crippen molar-refractivity contribution < 1.29 is 17.6 Å². The third-order valence-electron chi connectivity index (χ3n) is 0.628. The minimum absolute atomic E-state index is 1.48. The molecule has 0 unspecified atom stereocenters. The molecule has 0 aromatic carbocycles. The van der Waals surface area contributed by atoms with Crippen LogP contribution in [0.15, 0.2) is 0 Å². The Bertz CT molecular complexity index is 88.6. The maximum atomic E-state index is 11.6. The summed E-state index contributed by atoms with van der Waals surface area (Å²) >= 11 is 0. The van der Waals surface area contributed by atoms with E-state index in [0.717, 1.165) is 0 Å². The maximum Gasteiger partial charge on any atom is 0.218 e. The summed E-state index contributed by atoms with van der Waals surface area (Å²) in [6.45, 7) is 0. The van der Waals surface area contributed by atoms with Crippen LogP contribution in [0.25, 0.3) is 0 Å². The summed E-state index contributed by atoms with van der Waals surface area (Å²) in [5, 5.41) is -6.08. The fourth-order valence-corrected chi connectivity index (χ4v) is 2.69. The Morgan fingerprint density at radius 2 is 1.00 bits per heavy atom. The summed E-state index contributed by atoms with van der Waals surface area (Å²) in [5.74, 6) is 0. The van der Waals surface area contributed by atoms with Gasteiger partial charge in [0.2, 0.25) is 29.4 Å². The molecule has 6 heteroatoms. The van der Waals surface area contributed by atoms with Gasteiger partial charge in [0, 0.05) is 0 Å². The molecule has 44 valence electrons. The Kier molecular flexibility index (Phi) is 1.06. The molecule has 1 fully saturated rings. The van der Waals surface area contributed by atoms with Crippen molar-refractivity contribution in [3.8, 4) is 0 Å². The van der Waals surface area contributed by atoms with Gasteiger partial charge in [-0.25, -0.2) is 17.6 Å². The highest BCUT2D eigenvalue weighted by atomic mass is 28.3. The predicted octanol–water partition coefficient (Wildman–Crippen LogP) is 0.509. The Labute approximate surface area is 47.9 Å². The van der Waals surface area contributed by atoms with Gasteiger partial charge in [-0.3, -0.25) is 0 Å². The second-order valence-corrected chi connectivity index (χ2v) is 5.41. The van der Waals surface area contributed by atoms with Crippen LogP contribution in [0.5, 0.6) is 0 Å². The SMILES string of the molecule is FC1(F)[Si]C(F)(F)[Si]1. The van der Waals surface area contributed by atoms with Gasteiger partial charge in [0.1, 0.15) is 0 Å². The molecule has 0 atom stereocenters.